The third-order valence-corrected chi connectivity index (χ3v) is 4.61. The Morgan fingerprint density at radius 1 is 1.25 bits per heavy atom. The molecule has 0 aromatic heterocycles. The van der Waals surface area contributed by atoms with Crippen molar-refractivity contribution < 1.29 is 21.9 Å². The average Bonchev–Trinajstić information content (AvgIpc) is 2.77. The molecule has 7 heteroatoms. The zero-order valence-electron chi connectivity index (χ0n) is 10.9. The molecular weight excluding hydrogens is 288 g/mol. The molecule has 0 unspecified atom stereocenters. The molecule has 1 aliphatic rings. The Morgan fingerprint density at radius 3 is 2.50 bits per heavy atom. The number of nitrogens with two attached hydrogens (primary N) is 1. The van der Waals surface area contributed by atoms with E-state index in [1.165, 1.54) is 0 Å². The SMILES string of the molecule is NS(=O)(=O)CC1(COc2cc(F)ccc2F)CCCC1. The number of halogens is 2. The van der Waals surface area contributed by atoms with Crippen LogP contribution >= 0.6 is 0 Å². The second-order valence-corrected chi connectivity index (χ2v) is 6.99. The Balaban J connectivity index is 2.11. The lowest BCUT2D eigenvalue weighted by Gasteiger charge is -2.27. The molecule has 0 radical (unpaired) electrons. The van der Waals surface area contributed by atoms with Crippen molar-refractivity contribution in [3.63, 3.8) is 0 Å². The van der Waals surface area contributed by atoms with Gasteiger partial charge in [0.1, 0.15) is 5.82 Å². The quantitative estimate of drug-likeness (QED) is 0.906. The Hall–Kier alpha value is -1.21. The van der Waals surface area contributed by atoms with Crippen molar-refractivity contribution in [2.75, 3.05) is 12.4 Å². The van der Waals surface area contributed by atoms with Crippen LogP contribution < -0.4 is 9.88 Å². The summed E-state index contributed by atoms with van der Waals surface area (Å²) in [4.78, 5) is 0. The zero-order chi connectivity index (χ0) is 14.8. The van der Waals surface area contributed by atoms with E-state index in [0.29, 0.717) is 12.8 Å². The molecule has 1 aromatic carbocycles. The first-order chi connectivity index (χ1) is 9.30. The number of rotatable bonds is 5. The lowest BCUT2D eigenvalue weighted by Crippen LogP contribution is -2.36. The van der Waals surface area contributed by atoms with E-state index in [1.807, 2.05) is 0 Å². The Bertz CT molecular complexity index is 583. The molecule has 0 atom stereocenters. The van der Waals surface area contributed by atoms with Crippen molar-refractivity contribution in [2.24, 2.45) is 10.6 Å². The van der Waals surface area contributed by atoms with Gasteiger partial charge >= 0.3 is 0 Å². The molecule has 1 saturated carbocycles. The first-order valence-electron chi connectivity index (χ1n) is 6.38. The molecular formula is C13H17F2NO3S. The number of hydrogen-bond acceptors (Lipinski definition) is 3. The normalized spacial score (nSPS) is 18.1. The largest absolute Gasteiger partial charge is 0.490 e. The van der Waals surface area contributed by atoms with Crippen molar-refractivity contribution in [1.29, 1.82) is 0 Å². The molecule has 0 heterocycles. The first-order valence-corrected chi connectivity index (χ1v) is 8.10. The van der Waals surface area contributed by atoms with E-state index < -0.39 is 27.1 Å². The molecule has 112 valence electrons. The molecule has 0 bridgehead atoms. The van der Waals surface area contributed by atoms with Gasteiger partial charge < -0.3 is 4.74 Å². The summed E-state index contributed by atoms with van der Waals surface area (Å²) in [6.45, 7) is 0.0177. The van der Waals surface area contributed by atoms with Crippen LogP contribution in [0.15, 0.2) is 18.2 Å². The lowest BCUT2D eigenvalue weighted by atomic mass is 9.90. The van der Waals surface area contributed by atoms with Crippen molar-refractivity contribution in [1.82, 2.24) is 0 Å². The van der Waals surface area contributed by atoms with Crippen LogP contribution in [0.1, 0.15) is 25.7 Å². The topological polar surface area (TPSA) is 69.4 Å². The molecule has 20 heavy (non-hydrogen) atoms. The molecule has 4 nitrogen and oxygen atoms in total. The molecule has 0 spiro atoms. The van der Waals surface area contributed by atoms with Crippen LogP contribution in [0.3, 0.4) is 0 Å². The monoisotopic (exact) mass is 305 g/mol. The summed E-state index contributed by atoms with van der Waals surface area (Å²) >= 11 is 0. The van der Waals surface area contributed by atoms with Gasteiger partial charge in [-0.25, -0.2) is 22.3 Å². The van der Waals surface area contributed by atoms with Crippen molar-refractivity contribution in [3.05, 3.63) is 29.8 Å². The maximum atomic E-state index is 13.5. The van der Waals surface area contributed by atoms with Crippen molar-refractivity contribution >= 4 is 10.0 Å². The van der Waals surface area contributed by atoms with Crippen LogP contribution in [0.25, 0.3) is 0 Å². The van der Waals surface area contributed by atoms with Crippen LogP contribution in [0.5, 0.6) is 5.75 Å². The third kappa shape index (κ3) is 3.89. The van der Waals surface area contributed by atoms with E-state index in [4.69, 9.17) is 9.88 Å². The Morgan fingerprint density at radius 2 is 1.90 bits per heavy atom. The minimum atomic E-state index is -3.64. The van der Waals surface area contributed by atoms with Gasteiger partial charge in [-0.1, -0.05) is 12.8 Å². The lowest BCUT2D eigenvalue weighted by molar-refractivity contribution is 0.164. The maximum absolute atomic E-state index is 13.5. The van der Waals surface area contributed by atoms with Gasteiger partial charge in [0.25, 0.3) is 0 Å². The maximum Gasteiger partial charge on any atom is 0.209 e. The second-order valence-electron chi connectivity index (χ2n) is 5.38. The summed E-state index contributed by atoms with van der Waals surface area (Å²) in [6.07, 6.45) is 3.07. The number of hydrogen-bond donors (Lipinski definition) is 1. The highest BCUT2D eigenvalue weighted by molar-refractivity contribution is 7.89. The fourth-order valence-electron chi connectivity index (χ4n) is 2.70. The smallest absolute Gasteiger partial charge is 0.209 e. The fourth-order valence-corrected chi connectivity index (χ4v) is 3.93. The van der Waals surface area contributed by atoms with Crippen LogP contribution in [-0.2, 0) is 10.0 Å². The molecule has 2 N–H and O–H groups in total. The average molecular weight is 305 g/mol. The van der Waals surface area contributed by atoms with Crippen LogP contribution in [0.4, 0.5) is 8.78 Å². The fraction of sp³-hybridized carbons (Fsp3) is 0.538. The number of benzene rings is 1. The van der Waals surface area contributed by atoms with Gasteiger partial charge in [0.15, 0.2) is 11.6 Å². The number of sulfonamides is 1. The standard InChI is InChI=1S/C13H17F2NO3S/c14-10-3-4-11(15)12(7-10)19-8-13(5-1-2-6-13)9-20(16,17)18/h3-4,7H,1-2,5-6,8-9H2,(H2,16,17,18). The molecule has 0 amide bonds. The molecule has 1 aliphatic carbocycles. The highest BCUT2D eigenvalue weighted by Gasteiger charge is 2.38. The Kier molecular flexibility index (Phi) is 4.29. The van der Waals surface area contributed by atoms with Gasteiger partial charge in [-0.05, 0) is 25.0 Å². The molecule has 1 aromatic rings. The van der Waals surface area contributed by atoms with Gasteiger partial charge in [-0.3, -0.25) is 0 Å². The van der Waals surface area contributed by atoms with E-state index in [0.717, 1.165) is 31.0 Å². The van der Waals surface area contributed by atoms with Crippen LogP contribution in [-0.4, -0.2) is 20.8 Å². The molecule has 2 rings (SSSR count). The second kappa shape index (κ2) is 5.65. The van der Waals surface area contributed by atoms with Crippen molar-refractivity contribution in [2.45, 2.75) is 25.7 Å². The summed E-state index contributed by atoms with van der Waals surface area (Å²) in [5.74, 6) is -1.68. The number of ether oxygens (including phenoxy) is 1. The van der Waals surface area contributed by atoms with Crippen LogP contribution in [0, 0.1) is 17.0 Å². The summed E-state index contributed by atoms with van der Waals surface area (Å²) in [6, 6.07) is 2.93. The molecule has 0 aliphatic heterocycles. The summed E-state index contributed by atoms with van der Waals surface area (Å²) in [5.41, 5.74) is -0.605. The molecule has 0 saturated heterocycles. The highest BCUT2D eigenvalue weighted by atomic mass is 32.2. The van der Waals surface area contributed by atoms with E-state index in [-0.39, 0.29) is 18.1 Å². The van der Waals surface area contributed by atoms with E-state index >= 15 is 0 Å². The minimum absolute atomic E-state index is 0.0177. The van der Waals surface area contributed by atoms with E-state index in [2.05, 4.69) is 0 Å². The van der Waals surface area contributed by atoms with Gasteiger partial charge in [-0.15, -0.1) is 0 Å². The molecule has 1 fully saturated rings. The minimum Gasteiger partial charge on any atom is -0.490 e. The highest BCUT2D eigenvalue weighted by Crippen LogP contribution is 2.39. The summed E-state index contributed by atoms with van der Waals surface area (Å²) < 4.78 is 54.5. The van der Waals surface area contributed by atoms with Gasteiger partial charge in [0.05, 0.1) is 12.4 Å². The van der Waals surface area contributed by atoms with E-state index in [9.17, 15) is 17.2 Å². The Labute approximate surface area is 117 Å². The predicted octanol–water partition coefficient (Wildman–Crippen LogP) is 2.19. The summed E-state index contributed by atoms with van der Waals surface area (Å²) in [5, 5.41) is 5.11. The predicted molar refractivity (Wildman–Crippen MR) is 70.7 cm³/mol. The number of primary sulfonamides is 1. The zero-order valence-corrected chi connectivity index (χ0v) is 11.8. The van der Waals surface area contributed by atoms with Crippen LogP contribution in [0.2, 0.25) is 0 Å². The van der Waals surface area contributed by atoms with Crippen molar-refractivity contribution in [3.8, 4) is 5.75 Å². The van der Waals surface area contributed by atoms with E-state index in [1.54, 1.807) is 0 Å². The van der Waals surface area contributed by atoms with Gasteiger partial charge in [0, 0.05) is 11.5 Å². The van der Waals surface area contributed by atoms with Gasteiger partial charge in [-0.2, -0.15) is 0 Å². The van der Waals surface area contributed by atoms with Gasteiger partial charge in [0.2, 0.25) is 10.0 Å². The first kappa shape index (κ1) is 15.2. The third-order valence-electron chi connectivity index (χ3n) is 3.60. The summed E-state index contributed by atoms with van der Waals surface area (Å²) in [7, 11) is -3.64.